The van der Waals surface area contributed by atoms with Crippen molar-refractivity contribution < 1.29 is 24.2 Å². The van der Waals surface area contributed by atoms with Crippen LogP contribution < -0.4 is 11.1 Å². The second-order valence-electron chi connectivity index (χ2n) is 19.1. The number of hydrogen-bond acceptors (Lipinski definition) is 7. The van der Waals surface area contributed by atoms with E-state index in [9.17, 15) is 14.7 Å². The molecule has 280 valence electrons. The van der Waals surface area contributed by atoms with Gasteiger partial charge in [0.25, 0.3) is 5.91 Å². The molecule has 1 saturated heterocycles. The zero-order valence-corrected chi connectivity index (χ0v) is 32.6. The minimum absolute atomic E-state index is 0.154. The molecule has 6 rings (SSSR count). The number of fused-ring (bicyclic) bond motifs is 3. The molecule has 1 amide bonds. The SMILES string of the molecule is CN[C@](C)(CO[C@H]1[C@H](n2ncnc2C(N)=O)CC23COC[C@@]1(C)[C@@H]2CC[C@H]1C3=CC[C@@]2(C)[C@H](C(=O)O)[C@@](C)([C@H](C)C(C)C)CC[C@]12C)C(C)C. The third-order valence-corrected chi connectivity index (χ3v) is 16.6. The summed E-state index contributed by atoms with van der Waals surface area (Å²) in [5.74, 6) is 0.00819. The molecule has 0 aromatic carbocycles. The second-order valence-corrected chi connectivity index (χ2v) is 19.1. The van der Waals surface area contributed by atoms with Crippen LogP contribution in [0, 0.1) is 62.6 Å². The summed E-state index contributed by atoms with van der Waals surface area (Å²) in [6.45, 7) is 24.3. The number of aromatic nitrogens is 3. The number of rotatable bonds is 10. The molecule has 4 aliphatic carbocycles. The lowest BCUT2D eigenvalue weighted by Gasteiger charge is -2.71. The molecule has 10 nitrogen and oxygen atoms in total. The van der Waals surface area contributed by atoms with E-state index in [0.717, 1.165) is 32.1 Å². The predicted octanol–water partition coefficient (Wildman–Crippen LogP) is 6.53. The molecule has 0 radical (unpaired) electrons. The van der Waals surface area contributed by atoms with Gasteiger partial charge in [-0.3, -0.25) is 9.59 Å². The maximum absolute atomic E-state index is 13.5. The van der Waals surface area contributed by atoms with Crippen LogP contribution in [0.4, 0.5) is 0 Å². The van der Waals surface area contributed by atoms with Gasteiger partial charge in [0.15, 0.2) is 0 Å². The number of likely N-dealkylation sites (N-methyl/N-ethyl adjacent to an activating group) is 1. The zero-order chi connectivity index (χ0) is 36.8. The van der Waals surface area contributed by atoms with Crippen molar-refractivity contribution in [2.75, 3.05) is 26.9 Å². The summed E-state index contributed by atoms with van der Waals surface area (Å²) in [4.78, 5) is 30.6. The number of primary amides is 1. The number of hydrogen-bond donors (Lipinski definition) is 3. The Morgan fingerprint density at radius 1 is 1.12 bits per heavy atom. The monoisotopic (exact) mass is 695 g/mol. The maximum Gasteiger partial charge on any atom is 0.307 e. The zero-order valence-electron chi connectivity index (χ0n) is 32.6. The maximum atomic E-state index is 13.5. The molecule has 4 fully saturated rings. The predicted molar refractivity (Wildman–Crippen MR) is 193 cm³/mol. The molecule has 12 atom stereocenters. The number of carbonyl (C=O) groups excluding carboxylic acids is 1. The van der Waals surface area contributed by atoms with Crippen molar-refractivity contribution >= 4 is 11.9 Å². The molecule has 10 heteroatoms. The van der Waals surface area contributed by atoms with Crippen LogP contribution in [0.3, 0.4) is 0 Å². The number of nitrogens with one attached hydrogen (secondary N) is 1. The van der Waals surface area contributed by atoms with E-state index in [2.05, 4.69) is 90.7 Å². The van der Waals surface area contributed by atoms with Gasteiger partial charge < -0.3 is 25.6 Å². The fourth-order valence-corrected chi connectivity index (χ4v) is 12.6. The van der Waals surface area contributed by atoms with Gasteiger partial charge in [-0.2, -0.15) is 5.10 Å². The number of allylic oxidation sites excluding steroid dienone is 1. The van der Waals surface area contributed by atoms with Gasteiger partial charge >= 0.3 is 5.97 Å². The molecule has 50 heavy (non-hydrogen) atoms. The Hall–Kier alpha value is -2.30. The third-order valence-electron chi connectivity index (χ3n) is 16.6. The van der Waals surface area contributed by atoms with Gasteiger partial charge in [-0.1, -0.05) is 74.0 Å². The molecular weight excluding hydrogens is 630 g/mol. The Morgan fingerprint density at radius 3 is 2.42 bits per heavy atom. The highest BCUT2D eigenvalue weighted by Crippen LogP contribution is 2.75. The van der Waals surface area contributed by atoms with Crippen molar-refractivity contribution in [3.05, 3.63) is 23.8 Å². The highest BCUT2D eigenvalue weighted by atomic mass is 16.5. The summed E-state index contributed by atoms with van der Waals surface area (Å²) < 4.78 is 15.6. The number of ether oxygens (including phenoxy) is 2. The van der Waals surface area contributed by atoms with E-state index in [1.807, 2.05) is 7.05 Å². The molecule has 1 aliphatic heterocycles. The van der Waals surface area contributed by atoms with E-state index >= 15 is 0 Å². The van der Waals surface area contributed by atoms with Crippen molar-refractivity contribution in [2.45, 2.75) is 125 Å². The lowest BCUT2D eigenvalue weighted by Crippen LogP contribution is -2.69. The lowest BCUT2D eigenvalue weighted by molar-refractivity contribution is -0.253. The summed E-state index contributed by atoms with van der Waals surface area (Å²) in [6.07, 6.45) is 8.97. The van der Waals surface area contributed by atoms with Gasteiger partial charge in [-0.25, -0.2) is 9.67 Å². The largest absolute Gasteiger partial charge is 0.481 e. The first kappa shape index (κ1) is 37.5. The minimum atomic E-state index is -0.649. The summed E-state index contributed by atoms with van der Waals surface area (Å²) in [7, 11) is 1.98. The Bertz CT molecular complexity index is 1520. The Balaban J connectivity index is 1.47. The van der Waals surface area contributed by atoms with Crippen molar-refractivity contribution in [2.24, 2.45) is 68.3 Å². The van der Waals surface area contributed by atoms with Crippen molar-refractivity contribution in [3.8, 4) is 0 Å². The van der Waals surface area contributed by atoms with Gasteiger partial charge in [0, 0.05) is 16.4 Å². The standard InChI is InChI=1S/C40H65N5O5/c1-23(2)25(5)35(6)16-17-37(8)26-12-13-29-36(7)19-49-21-40(29,27(26)14-15-38(37,9)30(35)34(47)48)18-28(45-33(32(41)46)43-22-44-45)31(36)50-20-39(10,42-11)24(3)4/h14,22-26,28-31,42H,12-13,15-21H2,1-11H3,(H2,41,46)(H,47,48)/t25-,26+,28-,29+,30-,31+,35-,36+,37-,38+,39-,40?/m1/s1. The van der Waals surface area contributed by atoms with Crippen molar-refractivity contribution in [1.29, 1.82) is 0 Å². The molecule has 1 aromatic heterocycles. The first-order chi connectivity index (χ1) is 23.3. The molecule has 5 aliphatic rings. The van der Waals surface area contributed by atoms with Gasteiger partial charge in [0.2, 0.25) is 5.82 Å². The molecule has 1 unspecified atom stereocenters. The van der Waals surface area contributed by atoms with Crippen molar-refractivity contribution in [3.63, 3.8) is 0 Å². The van der Waals surface area contributed by atoms with Crippen LogP contribution in [0.2, 0.25) is 0 Å². The van der Waals surface area contributed by atoms with E-state index in [1.54, 1.807) is 4.68 Å². The number of carbonyl (C=O) groups is 2. The minimum Gasteiger partial charge on any atom is -0.481 e. The molecule has 2 heterocycles. The number of carboxylic acids is 1. The van der Waals surface area contributed by atoms with Crippen LogP contribution in [0.5, 0.6) is 0 Å². The van der Waals surface area contributed by atoms with Crippen LogP contribution >= 0.6 is 0 Å². The second kappa shape index (κ2) is 12.4. The summed E-state index contributed by atoms with van der Waals surface area (Å²) in [6, 6.07) is -0.285. The molecule has 2 bridgehead atoms. The fraction of sp³-hybridized carbons (Fsp3) is 0.850. The van der Waals surface area contributed by atoms with Crippen LogP contribution in [0.15, 0.2) is 18.0 Å². The average Bonchev–Trinajstić information content (AvgIpc) is 3.54. The summed E-state index contributed by atoms with van der Waals surface area (Å²) in [5, 5.41) is 19.2. The first-order valence-electron chi connectivity index (χ1n) is 19.3. The van der Waals surface area contributed by atoms with Gasteiger partial charge in [-0.15, -0.1) is 0 Å². The number of nitrogens with two attached hydrogens (primary N) is 1. The van der Waals surface area contributed by atoms with E-state index in [-0.39, 0.29) is 57.0 Å². The van der Waals surface area contributed by atoms with E-state index in [4.69, 9.17) is 15.2 Å². The van der Waals surface area contributed by atoms with Crippen LogP contribution in [-0.4, -0.2) is 70.3 Å². The summed E-state index contributed by atoms with van der Waals surface area (Å²) in [5.41, 5.74) is 5.53. The van der Waals surface area contributed by atoms with E-state index < -0.39 is 23.2 Å². The number of carboxylic acid groups (broad SMARTS) is 1. The first-order valence-corrected chi connectivity index (χ1v) is 19.3. The van der Waals surface area contributed by atoms with E-state index in [1.165, 1.54) is 11.9 Å². The molecule has 4 N–H and O–H groups in total. The molecule has 3 saturated carbocycles. The van der Waals surface area contributed by atoms with E-state index in [0.29, 0.717) is 44.0 Å². The smallest absolute Gasteiger partial charge is 0.307 e. The summed E-state index contributed by atoms with van der Waals surface area (Å²) >= 11 is 0. The van der Waals surface area contributed by atoms with Gasteiger partial charge in [0.05, 0.1) is 37.9 Å². The number of aliphatic carboxylic acids is 1. The third kappa shape index (κ3) is 5.03. The topological polar surface area (TPSA) is 142 Å². The molecular formula is C40H65N5O5. The lowest BCUT2D eigenvalue weighted by atomic mass is 9.34. The highest BCUT2D eigenvalue weighted by Gasteiger charge is 2.72. The Morgan fingerprint density at radius 2 is 1.82 bits per heavy atom. The highest BCUT2D eigenvalue weighted by molar-refractivity contribution is 5.89. The average molecular weight is 696 g/mol. The molecule has 0 spiro atoms. The quantitative estimate of drug-likeness (QED) is 0.235. The Labute approximate surface area is 300 Å². The number of amides is 1. The number of nitrogens with zero attached hydrogens (tertiary/aromatic N) is 3. The normalized spacial score (nSPS) is 42.9. The molecule has 1 aromatic rings. The van der Waals surface area contributed by atoms with Gasteiger partial charge in [0.1, 0.15) is 6.33 Å². The van der Waals surface area contributed by atoms with Crippen LogP contribution in [0.1, 0.15) is 124 Å². The van der Waals surface area contributed by atoms with Crippen LogP contribution in [-0.2, 0) is 14.3 Å². The Kier molecular flexibility index (Phi) is 9.29. The van der Waals surface area contributed by atoms with Crippen LogP contribution in [0.25, 0.3) is 0 Å². The fourth-order valence-electron chi connectivity index (χ4n) is 12.6. The van der Waals surface area contributed by atoms with Gasteiger partial charge in [-0.05, 0) is 98.3 Å². The van der Waals surface area contributed by atoms with Crippen molar-refractivity contribution in [1.82, 2.24) is 20.1 Å².